The normalized spacial score (nSPS) is 25.1. The summed E-state index contributed by atoms with van der Waals surface area (Å²) in [6, 6.07) is 2.16. The number of carbonyl (C=O) groups is 2. The van der Waals surface area contributed by atoms with Crippen molar-refractivity contribution in [2.45, 2.75) is 51.7 Å². The van der Waals surface area contributed by atoms with Gasteiger partial charge in [-0.1, -0.05) is 0 Å². The van der Waals surface area contributed by atoms with Gasteiger partial charge in [0.2, 0.25) is 11.8 Å². The zero-order valence-corrected chi connectivity index (χ0v) is 20.4. The standard InChI is InChI=1S/C24H37N3O4.CH2O2/c1-17-11-19(13-26-24(17)29-2)14-27-8-4-21-20(15-27)16-31-22(21)12-23(28)25-7-3-18-5-9-30-10-6-18;2-1-3/h11,13,18,20-22H,3-10,12,14-16H2,1-2H3,(H,25,28);1H,(H,2,3)/t20-,21-,22+;/m1./s1. The zero-order chi connectivity index (χ0) is 24.3. The minimum atomic E-state index is -0.250. The van der Waals surface area contributed by atoms with Crippen LogP contribution in [0.25, 0.3) is 0 Å². The van der Waals surface area contributed by atoms with Crippen molar-refractivity contribution in [1.82, 2.24) is 15.2 Å². The first-order chi connectivity index (χ1) is 16.5. The van der Waals surface area contributed by atoms with Gasteiger partial charge in [-0.15, -0.1) is 0 Å². The van der Waals surface area contributed by atoms with Crippen molar-refractivity contribution in [3.63, 3.8) is 0 Å². The number of carbonyl (C=O) groups excluding carboxylic acids is 1. The molecule has 0 saturated carbocycles. The van der Waals surface area contributed by atoms with Gasteiger partial charge in [0.1, 0.15) is 0 Å². The second-order valence-electron chi connectivity index (χ2n) is 9.49. The predicted molar refractivity (Wildman–Crippen MR) is 127 cm³/mol. The van der Waals surface area contributed by atoms with E-state index in [9.17, 15) is 4.79 Å². The molecule has 0 unspecified atom stereocenters. The number of aryl methyl sites for hydroxylation is 1. The molecule has 2 N–H and O–H groups in total. The van der Waals surface area contributed by atoms with Gasteiger partial charge in [0.15, 0.2) is 0 Å². The van der Waals surface area contributed by atoms with E-state index in [1.165, 1.54) is 5.56 Å². The fraction of sp³-hybridized carbons (Fsp3) is 0.720. The summed E-state index contributed by atoms with van der Waals surface area (Å²) in [4.78, 5) is 27.7. The summed E-state index contributed by atoms with van der Waals surface area (Å²) >= 11 is 0. The summed E-state index contributed by atoms with van der Waals surface area (Å²) in [6.07, 6.45) is 6.86. The number of nitrogens with one attached hydrogen (secondary N) is 1. The molecule has 0 aromatic carbocycles. The predicted octanol–water partition coefficient (Wildman–Crippen LogP) is 2.26. The summed E-state index contributed by atoms with van der Waals surface area (Å²) < 4.78 is 16.8. The molecular formula is C25H39N3O6. The fourth-order valence-electron chi connectivity index (χ4n) is 5.40. The maximum atomic E-state index is 12.5. The van der Waals surface area contributed by atoms with Gasteiger partial charge in [0.05, 0.1) is 26.2 Å². The highest BCUT2D eigenvalue weighted by Gasteiger charge is 2.41. The van der Waals surface area contributed by atoms with E-state index < -0.39 is 0 Å². The van der Waals surface area contributed by atoms with Gasteiger partial charge in [-0.05, 0) is 62.6 Å². The largest absolute Gasteiger partial charge is 0.483 e. The first kappa shape index (κ1) is 26.4. The number of aromatic nitrogens is 1. The van der Waals surface area contributed by atoms with Crippen molar-refractivity contribution in [2.24, 2.45) is 17.8 Å². The summed E-state index contributed by atoms with van der Waals surface area (Å²) in [7, 11) is 1.66. The second kappa shape index (κ2) is 13.6. The highest BCUT2D eigenvalue weighted by Crippen LogP contribution is 2.36. The summed E-state index contributed by atoms with van der Waals surface area (Å²) in [5, 5.41) is 10.0. The molecule has 9 heteroatoms. The van der Waals surface area contributed by atoms with Gasteiger partial charge in [-0.3, -0.25) is 14.5 Å². The molecule has 0 radical (unpaired) electrons. The molecule has 1 aromatic heterocycles. The van der Waals surface area contributed by atoms with E-state index >= 15 is 0 Å². The van der Waals surface area contributed by atoms with Crippen molar-refractivity contribution in [3.05, 3.63) is 23.4 Å². The molecule has 3 aliphatic rings. The first-order valence-electron chi connectivity index (χ1n) is 12.3. The molecule has 190 valence electrons. The van der Waals surface area contributed by atoms with Gasteiger partial charge >= 0.3 is 0 Å². The van der Waals surface area contributed by atoms with Crippen LogP contribution in [0.5, 0.6) is 5.88 Å². The highest BCUT2D eigenvalue weighted by atomic mass is 16.5. The van der Waals surface area contributed by atoms with Gasteiger partial charge in [0, 0.05) is 50.5 Å². The van der Waals surface area contributed by atoms with Gasteiger partial charge in [-0.2, -0.15) is 0 Å². The lowest BCUT2D eigenvalue weighted by molar-refractivity contribution is -0.124. The molecule has 1 aromatic rings. The number of rotatable bonds is 8. The first-order valence-corrected chi connectivity index (χ1v) is 12.3. The number of likely N-dealkylation sites (tertiary alicyclic amines) is 1. The van der Waals surface area contributed by atoms with Crippen molar-refractivity contribution in [2.75, 3.05) is 46.6 Å². The number of hydrogen-bond donors (Lipinski definition) is 2. The Morgan fingerprint density at radius 2 is 2.12 bits per heavy atom. The Labute approximate surface area is 202 Å². The molecule has 0 spiro atoms. The van der Waals surface area contributed by atoms with Crippen molar-refractivity contribution in [3.8, 4) is 5.88 Å². The molecule has 3 fully saturated rings. The van der Waals surface area contributed by atoms with Crippen LogP contribution < -0.4 is 10.1 Å². The number of nitrogens with zero attached hydrogens (tertiary/aromatic N) is 2. The minimum Gasteiger partial charge on any atom is -0.483 e. The summed E-state index contributed by atoms with van der Waals surface area (Å²) in [5.41, 5.74) is 2.29. The number of amides is 1. The molecule has 34 heavy (non-hydrogen) atoms. The average Bonchev–Trinajstić information content (AvgIpc) is 3.22. The van der Waals surface area contributed by atoms with E-state index in [1.54, 1.807) is 7.11 Å². The lowest BCUT2D eigenvalue weighted by atomic mass is 9.83. The van der Waals surface area contributed by atoms with E-state index in [0.717, 1.165) is 77.2 Å². The van der Waals surface area contributed by atoms with Crippen LogP contribution in [0.2, 0.25) is 0 Å². The molecule has 3 saturated heterocycles. The van der Waals surface area contributed by atoms with Crippen LogP contribution in [0, 0.1) is 24.7 Å². The molecule has 1 amide bonds. The number of carboxylic acid groups (broad SMARTS) is 1. The zero-order valence-electron chi connectivity index (χ0n) is 20.4. The van der Waals surface area contributed by atoms with Crippen LogP contribution in [0.1, 0.15) is 43.2 Å². The SMILES string of the molecule is COc1ncc(CN2CC[C@@H]3[C@@H](CO[C@H]3CC(=O)NCCC3CCOCC3)C2)cc1C.O=CO. The molecular weight excluding hydrogens is 438 g/mol. The number of hydrogen-bond acceptors (Lipinski definition) is 7. The topological polar surface area (TPSA) is 110 Å². The Kier molecular flexibility index (Phi) is 10.6. The summed E-state index contributed by atoms with van der Waals surface area (Å²) in [5.74, 6) is 2.53. The Balaban J connectivity index is 0.00000103. The highest BCUT2D eigenvalue weighted by molar-refractivity contribution is 5.76. The molecule has 4 heterocycles. The van der Waals surface area contributed by atoms with Crippen LogP contribution in [-0.4, -0.2) is 80.0 Å². The third-order valence-electron chi connectivity index (χ3n) is 7.17. The van der Waals surface area contributed by atoms with E-state index in [4.69, 9.17) is 24.1 Å². The monoisotopic (exact) mass is 477 g/mol. The van der Waals surface area contributed by atoms with Gasteiger partial charge < -0.3 is 24.6 Å². The number of ether oxygens (including phenoxy) is 3. The fourth-order valence-corrected chi connectivity index (χ4v) is 5.40. The molecule has 0 bridgehead atoms. The van der Waals surface area contributed by atoms with Crippen molar-refractivity contribution >= 4 is 12.4 Å². The third-order valence-corrected chi connectivity index (χ3v) is 7.17. The van der Waals surface area contributed by atoms with Crippen LogP contribution in [0.15, 0.2) is 12.3 Å². The molecule has 3 aliphatic heterocycles. The van der Waals surface area contributed by atoms with Crippen LogP contribution >= 0.6 is 0 Å². The number of methoxy groups -OCH3 is 1. The number of piperidine rings is 1. The molecule has 4 rings (SSSR count). The van der Waals surface area contributed by atoms with Crippen LogP contribution in [-0.2, 0) is 25.6 Å². The van der Waals surface area contributed by atoms with E-state index in [0.29, 0.717) is 30.1 Å². The van der Waals surface area contributed by atoms with Crippen molar-refractivity contribution < 1.29 is 28.9 Å². The summed E-state index contributed by atoms with van der Waals surface area (Å²) in [6.45, 7) is 8.01. The minimum absolute atomic E-state index is 0.0696. The maximum Gasteiger partial charge on any atom is 0.290 e. The Morgan fingerprint density at radius 1 is 1.35 bits per heavy atom. The van der Waals surface area contributed by atoms with Gasteiger partial charge in [0.25, 0.3) is 6.47 Å². The third kappa shape index (κ3) is 7.65. The Morgan fingerprint density at radius 3 is 2.82 bits per heavy atom. The smallest absolute Gasteiger partial charge is 0.290 e. The molecule has 9 nitrogen and oxygen atoms in total. The van der Waals surface area contributed by atoms with E-state index in [2.05, 4.69) is 21.3 Å². The van der Waals surface area contributed by atoms with Crippen molar-refractivity contribution in [1.29, 1.82) is 0 Å². The lowest BCUT2D eigenvalue weighted by Crippen LogP contribution is -2.42. The second-order valence-corrected chi connectivity index (χ2v) is 9.49. The Bertz CT molecular complexity index is 786. The number of fused-ring (bicyclic) bond motifs is 1. The van der Waals surface area contributed by atoms with Crippen LogP contribution in [0.3, 0.4) is 0 Å². The lowest BCUT2D eigenvalue weighted by Gasteiger charge is -2.35. The molecule has 3 atom stereocenters. The van der Waals surface area contributed by atoms with E-state index in [1.807, 2.05) is 13.1 Å². The maximum absolute atomic E-state index is 12.5. The van der Waals surface area contributed by atoms with E-state index in [-0.39, 0.29) is 18.5 Å². The average molecular weight is 478 g/mol. The quantitative estimate of drug-likeness (QED) is 0.549. The molecule has 0 aliphatic carbocycles. The Hall–Kier alpha value is -2.23. The van der Waals surface area contributed by atoms with Gasteiger partial charge in [-0.25, -0.2) is 4.98 Å². The number of pyridine rings is 1. The van der Waals surface area contributed by atoms with Crippen LogP contribution in [0.4, 0.5) is 0 Å².